The smallest absolute Gasteiger partial charge is 0.253 e. The molecule has 0 N–H and O–H groups in total. The number of piperazine rings is 1. The molecule has 1 unspecified atom stereocenters. The summed E-state index contributed by atoms with van der Waals surface area (Å²) in [6, 6.07) is 12.9. The molecule has 0 radical (unpaired) electrons. The minimum atomic E-state index is -3.64. The van der Waals surface area contributed by atoms with Gasteiger partial charge in [0.2, 0.25) is 5.91 Å². The topological polar surface area (TPSA) is 60.9 Å². The zero-order valence-electron chi connectivity index (χ0n) is 15.3. The van der Waals surface area contributed by atoms with Crippen molar-refractivity contribution in [2.45, 2.75) is 23.1 Å². The third-order valence-corrected chi connectivity index (χ3v) is 9.31. The van der Waals surface area contributed by atoms with E-state index in [2.05, 4.69) is 33.0 Å². The van der Waals surface area contributed by atoms with Gasteiger partial charge in [-0.3, -0.25) is 4.79 Å². The van der Waals surface area contributed by atoms with Crippen LogP contribution in [0.15, 0.2) is 50.5 Å². The average Bonchev–Trinajstić information content (AvgIpc) is 3.38. The lowest BCUT2D eigenvalue weighted by Gasteiger charge is -2.38. The van der Waals surface area contributed by atoms with Gasteiger partial charge in [0.25, 0.3) is 10.0 Å². The third kappa shape index (κ3) is 3.85. The molecule has 150 valence electrons. The molecule has 3 heterocycles. The summed E-state index contributed by atoms with van der Waals surface area (Å²) in [6.45, 7) is 3.14. The molecule has 2 aliphatic rings. The Labute approximate surface area is 177 Å². The van der Waals surface area contributed by atoms with Crippen molar-refractivity contribution in [2.75, 3.05) is 37.6 Å². The Kier molecular flexibility index (Phi) is 5.78. The molecule has 1 aromatic carbocycles. The lowest BCUT2D eigenvalue weighted by molar-refractivity contribution is -0.134. The number of carbonyl (C=O) groups excluding carboxylic acids is 1. The van der Waals surface area contributed by atoms with Gasteiger partial charge < -0.3 is 9.80 Å². The Morgan fingerprint density at radius 3 is 2.36 bits per heavy atom. The lowest BCUT2D eigenvalue weighted by atomic mass is 10.1. The SMILES string of the molecule is O=C(C1CCCN1S(=O)(=O)c1ccc(Br)s1)N1CCN(c2ccccc2)CC1. The number of thiophene rings is 1. The van der Waals surface area contributed by atoms with E-state index in [9.17, 15) is 13.2 Å². The standard InChI is InChI=1S/C19H22BrN3O3S2/c20-17-8-9-18(27-17)28(25,26)23-10-4-7-16(23)19(24)22-13-11-21(12-14-22)15-5-2-1-3-6-15/h1-3,5-6,8-9,16H,4,7,10-14H2. The van der Waals surface area contributed by atoms with Gasteiger partial charge in [-0.1, -0.05) is 18.2 Å². The van der Waals surface area contributed by atoms with Crippen molar-refractivity contribution in [3.8, 4) is 0 Å². The van der Waals surface area contributed by atoms with Crippen LogP contribution in [0, 0.1) is 0 Å². The molecule has 2 aromatic rings. The zero-order valence-corrected chi connectivity index (χ0v) is 18.5. The first-order valence-corrected chi connectivity index (χ1v) is 12.4. The van der Waals surface area contributed by atoms with E-state index in [1.54, 1.807) is 12.1 Å². The predicted octanol–water partition coefficient (Wildman–Crippen LogP) is 3.01. The van der Waals surface area contributed by atoms with Crippen molar-refractivity contribution in [2.24, 2.45) is 0 Å². The van der Waals surface area contributed by atoms with E-state index in [1.165, 1.54) is 15.6 Å². The lowest BCUT2D eigenvalue weighted by Crippen LogP contribution is -2.54. The molecule has 4 rings (SSSR count). The van der Waals surface area contributed by atoms with Crippen molar-refractivity contribution in [1.29, 1.82) is 0 Å². The summed E-state index contributed by atoms with van der Waals surface area (Å²) >= 11 is 4.50. The number of rotatable bonds is 4. The van der Waals surface area contributed by atoms with Crippen molar-refractivity contribution in [3.63, 3.8) is 0 Å². The second-order valence-electron chi connectivity index (χ2n) is 6.98. The van der Waals surface area contributed by atoms with Crippen LogP contribution in [0.25, 0.3) is 0 Å². The molecular weight excluding hydrogens is 462 g/mol. The highest BCUT2D eigenvalue weighted by atomic mass is 79.9. The maximum absolute atomic E-state index is 13.1. The van der Waals surface area contributed by atoms with Crippen LogP contribution in [0.3, 0.4) is 0 Å². The normalized spacial score (nSPS) is 21.2. The largest absolute Gasteiger partial charge is 0.368 e. The maximum Gasteiger partial charge on any atom is 0.253 e. The monoisotopic (exact) mass is 483 g/mol. The van der Waals surface area contributed by atoms with Gasteiger partial charge in [-0.25, -0.2) is 8.42 Å². The van der Waals surface area contributed by atoms with E-state index in [1.807, 2.05) is 23.1 Å². The fourth-order valence-electron chi connectivity index (χ4n) is 3.86. The van der Waals surface area contributed by atoms with Gasteiger partial charge in [-0.15, -0.1) is 11.3 Å². The van der Waals surface area contributed by atoms with E-state index in [-0.39, 0.29) is 10.1 Å². The van der Waals surface area contributed by atoms with Gasteiger partial charge in [0.15, 0.2) is 0 Å². The first kappa shape index (κ1) is 19.9. The minimum Gasteiger partial charge on any atom is -0.368 e. The summed E-state index contributed by atoms with van der Waals surface area (Å²) < 4.78 is 28.5. The molecule has 0 bridgehead atoms. The first-order valence-electron chi connectivity index (χ1n) is 9.33. The van der Waals surface area contributed by atoms with Crippen molar-refractivity contribution in [1.82, 2.24) is 9.21 Å². The number of para-hydroxylation sites is 1. The Balaban J connectivity index is 1.44. The second-order valence-corrected chi connectivity index (χ2v) is 11.6. The highest BCUT2D eigenvalue weighted by Crippen LogP contribution is 2.33. The number of sulfonamides is 1. The van der Waals surface area contributed by atoms with Crippen LogP contribution >= 0.6 is 27.3 Å². The van der Waals surface area contributed by atoms with Gasteiger partial charge in [0.1, 0.15) is 10.3 Å². The number of halogens is 1. The molecule has 6 nitrogen and oxygen atoms in total. The van der Waals surface area contributed by atoms with E-state index in [4.69, 9.17) is 0 Å². The third-order valence-electron chi connectivity index (χ3n) is 5.31. The quantitative estimate of drug-likeness (QED) is 0.670. The van der Waals surface area contributed by atoms with E-state index >= 15 is 0 Å². The highest BCUT2D eigenvalue weighted by molar-refractivity contribution is 9.11. The van der Waals surface area contributed by atoms with Gasteiger partial charge >= 0.3 is 0 Å². The number of anilines is 1. The van der Waals surface area contributed by atoms with E-state index in [0.29, 0.717) is 32.5 Å². The summed E-state index contributed by atoms with van der Waals surface area (Å²) in [4.78, 5) is 17.2. The molecule has 1 amide bonds. The van der Waals surface area contributed by atoms with Crippen LogP contribution in [0.5, 0.6) is 0 Å². The number of amides is 1. The summed E-state index contributed by atoms with van der Waals surface area (Å²) in [5, 5.41) is 0. The Morgan fingerprint density at radius 1 is 1.00 bits per heavy atom. The van der Waals surface area contributed by atoms with Crippen molar-refractivity contribution in [3.05, 3.63) is 46.3 Å². The van der Waals surface area contributed by atoms with E-state index in [0.717, 1.165) is 22.6 Å². The fraction of sp³-hybridized carbons (Fsp3) is 0.421. The zero-order chi connectivity index (χ0) is 19.7. The molecule has 2 aliphatic heterocycles. The van der Waals surface area contributed by atoms with Crippen LogP contribution in [0.4, 0.5) is 5.69 Å². The molecule has 28 heavy (non-hydrogen) atoms. The molecule has 2 saturated heterocycles. The van der Waals surface area contributed by atoms with Crippen LogP contribution in [-0.4, -0.2) is 62.3 Å². The number of hydrogen-bond donors (Lipinski definition) is 0. The molecule has 1 atom stereocenters. The number of carbonyl (C=O) groups is 1. The van der Waals surface area contributed by atoms with Crippen molar-refractivity contribution < 1.29 is 13.2 Å². The molecule has 0 spiro atoms. The second kappa shape index (κ2) is 8.14. The summed E-state index contributed by atoms with van der Waals surface area (Å²) in [7, 11) is -3.64. The summed E-state index contributed by atoms with van der Waals surface area (Å²) in [5.41, 5.74) is 1.16. The van der Waals surface area contributed by atoms with Crippen LogP contribution in [0.2, 0.25) is 0 Å². The van der Waals surface area contributed by atoms with Crippen molar-refractivity contribution >= 4 is 48.9 Å². The molecule has 9 heteroatoms. The van der Waals surface area contributed by atoms with Gasteiger partial charge in [0, 0.05) is 38.4 Å². The average molecular weight is 484 g/mol. The highest BCUT2D eigenvalue weighted by Gasteiger charge is 2.42. The minimum absolute atomic E-state index is 0.0654. The predicted molar refractivity (Wildman–Crippen MR) is 114 cm³/mol. The molecule has 0 saturated carbocycles. The van der Waals surface area contributed by atoms with Crippen LogP contribution in [-0.2, 0) is 14.8 Å². The molecule has 2 fully saturated rings. The van der Waals surface area contributed by atoms with Crippen LogP contribution < -0.4 is 4.90 Å². The van der Waals surface area contributed by atoms with Gasteiger partial charge in [-0.2, -0.15) is 4.31 Å². The summed E-state index contributed by atoms with van der Waals surface area (Å²) in [6.07, 6.45) is 1.30. The molecule has 0 aliphatic carbocycles. The molecule has 1 aromatic heterocycles. The van der Waals surface area contributed by atoms with Crippen LogP contribution in [0.1, 0.15) is 12.8 Å². The number of benzene rings is 1. The first-order chi connectivity index (χ1) is 13.5. The van der Waals surface area contributed by atoms with E-state index < -0.39 is 16.1 Å². The number of nitrogens with zero attached hydrogens (tertiary/aromatic N) is 3. The molecular formula is C19H22BrN3O3S2. The van der Waals surface area contributed by atoms with Gasteiger partial charge in [-0.05, 0) is 53.0 Å². The number of hydrogen-bond acceptors (Lipinski definition) is 5. The van der Waals surface area contributed by atoms with Gasteiger partial charge in [0.05, 0.1) is 3.79 Å². The Morgan fingerprint density at radius 2 is 1.71 bits per heavy atom. The Hall–Kier alpha value is -1.42. The fourth-order valence-corrected chi connectivity index (χ4v) is 7.65. The Bertz CT molecular complexity index is 940. The summed E-state index contributed by atoms with van der Waals surface area (Å²) in [5.74, 6) is -0.0654. The maximum atomic E-state index is 13.1.